The molecule has 0 saturated heterocycles. The summed E-state index contributed by atoms with van der Waals surface area (Å²) in [6, 6.07) is 7.96. The fourth-order valence-electron chi connectivity index (χ4n) is 2.64. The van der Waals surface area contributed by atoms with Crippen molar-refractivity contribution in [1.82, 2.24) is 14.5 Å². The lowest BCUT2D eigenvalue weighted by atomic mass is 10.0. The van der Waals surface area contributed by atoms with Crippen LogP contribution in [0.4, 0.5) is 19.1 Å². The van der Waals surface area contributed by atoms with Crippen LogP contribution < -0.4 is 11.3 Å². The second-order valence-electron chi connectivity index (χ2n) is 5.61. The van der Waals surface area contributed by atoms with Gasteiger partial charge in [0.05, 0.1) is 18.3 Å². The standard InChI is InChI=1S/C17H15F3N4O/c1-10-8-22-16(21)24(10)9-11-6-7-13(15(25)23-11)12-4-2-3-5-14(12)17(18,19)20/h2-8H,9H2,1H3,(H2,21,22)(H,23,25). The number of pyridine rings is 1. The minimum Gasteiger partial charge on any atom is -0.369 e. The Bertz CT molecular complexity index is 953. The Morgan fingerprint density at radius 2 is 1.88 bits per heavy atom. The Morgan fingerprint density at radius 3 is 2.48 bits per heavy atom. The first-order chi connectivity index (χ1) is 11.8. The quantitative estimate of drug-likeness (QED) is 0.763. The summed E-state index contributed by atoms with van der Waals surface area (Å²) in [6.07, 6.45) is -2.94. The van der Waals surface area contributed by atoms with Crippen molar-refractivity contribution in [2.24, 2.45) is 0 Å². The molecular weight excluding hydrogens is 333 g/mol. The van der Waals surface area contributed by atoms with Crippen molar-refractivity contribution < 1.29 is 13.2 Å². The number of hydrogen-bond acceptors (Lipinski definition) is 3. The van der Waals surface area contributed by atoms with Crippen molar-refractivity contribution in [2.45, 2.75) is 19.6 Å². The zero-order valence-electron chi connectivity index (χ0n) is 13.3. The first-order valence-electron chi connectivity index (χ1n) is 7.44. The number of aromatic nitrogens is 3. The molecule has 0 aliphatic carbocycles. The molecule has 0 amide bonds. The molecule has 3 aromatic rings. The third-order valence-electron chi connectivity index (χ3n) is 3.91. The van der Waals surface area contributed by atoms with Gasteiger partial charge in [0, 0.05) is 17.0 Å². The average Bonchev–Trinajstić information content (AvgIpc) is 2.86. The molecule has 3 rings (SSSR count). The summed E-state index contributed by atoms with van der Waals surface area (Å²) >= 11 is 0. The molecule has 1 aromatic carbocycles. The maximum absolute atomic E-state index is 13.1. The summed E-state index contributed by atoms with van der Waals surface area (Å²) in [6.45, 7) is 2.09. The SMILES string of the molecule is Cc1cnc(N)n1Cc1ccc(-c2ccccc2C(F)(F)F)c(=O)[nH]1. The van der Waals surface area contributed by atoms with Crippen LogP contribution in [0.5, 0.6) is 0 Å². The summed E-state index contributed by atoms with van der Waals surface area (Å²) in [4.78, 5) is 18.9. The van der Waals surface area contributed by atoms with Gasteiger partial charge in [-0.3, -0.25) is 4.79 Å². The maximum Gasteiger partial charge on any atom is 0.417 e. The number of nitrogens with zero attached hydrogens (tertiary/aromatic N) is 2. The monoisotopic (exact) mass is 348 g/mol. The van der Waals surface area contributed by atoms with Crippen LogP contribution in [0.1, 0.15) is 17.0 Å². The summed E-state index contributed by atoms with van der Waals surface area (Å²) in [5.74, 6) is 0.296. The van der Waals surface area contributed by atoms with Gasteiger partial charge in [-0.2, -0.15) is 13.2 Å². The molecule has 2 aromatic heterocycles. The van der Waals surface area contributed by atoms with Gasteiger partial charge in [-0.1, -0.05) is 18.2 Å². The second-order valence-corrected chi connectivity index (χ2v) is 5.61. The first kappa shape index (κ1) is 16.8. The lowest BCUT2D eigenvalue weighted by molar-refractivity contribution is -0.137. The summed E-state index contributed by atoms with van der Waals surface area (Å²) in [7, 11) is 0. The van der Waals surface area contributed by atoms with E-state index < -0.39 is 17.3 Å². The van der Waals surface area contributed by atoms with Gasteiger partial charge in [-0.25, -0.2) is 4.98 Å². The normalized spacial score (nSPS) is 11.7. The molecule has 0 fully saturated rings. The van der Waals surface area contributed by atoms with Crippen molar-refractivity contribution in [3.05, 3.63) is 69.9 Å². The van der Waals surface area contributed by atoms with Gasteiger partial charge in [0.25, 0.3) is 5.56 Å². The second kappa shape index (κ2) is 6.12. The molecule has 8 heteroatoms. The average molecular weight is 348 g/mol. The molecule has 0 atom stereocenters. The van der Waals surface area contributed by atoms with E-state index in [-0.39, 0.29) is 17.7 Å². The third-order valence-corrected chi connectivity index (χ3v) is 3.91. The maximum atomic E-state index is 13.1. The molecule has 0 bridgehead atoms. The smallest absolute Gasteiger partial charge is 0.369 e. The zero-order chi connectivity index (χ0) is 18.2. The number of aryl methyl sites for hydroxylation is 1. The zero-order valence-corrected chi connectivity index (χ0v) is 13.3. The molecule has 0 unspecified atom stereocenters. The largest absolute Gasteiger partial charge is 0.417 e. The van der Waals surface area contributed by atoms with Gasteiger partial charge < -0.3 is 15.3 Å². The number of hydrogen-bond donors (Lipinski definition) is 2. The van der Waals surface area contributed by atoms with Crippen LogP contribution in [-0.2, 0) is 12.7 Å². The Kier molecular flexibility index (Phi) is 4.12. The summed E-state index contributed by atoms with van der Waals surface area (Å²) in [5.41, 5.74) is 5.46. The Balaban J connectivity index is 2.01. The van der Waals surface area contributed by atoms with E-state index in [1.807, 2.05) is 6.92 Å². The van der Waals surface area contributed by atoms with Crippen molar-refractivity contribution in [2.75, 3.05) is 5.73 Å². The van der Waals surface area contributed by atoms with E-state index in [9.17, 15) is 18.0 Å². The Morgan fingerprint density at radius 1 is 1.16 bits per heavy atom. The predicted octanol–water partition coefficient (Wildman–Crippen LogP) is 3.20. The van der Waals surface area contributed by atoms with Gasteiger partial charge >= 0.3 is 6.18 Å². The van der Waals surface area contributed by atoms with E-state index in [1.165, 1.54) is 24.3 Å². The number of nitrogens with one attached hydrogen (secondary N) is 1. The minimum atomic E-state index is -4.54. The van der Waals surface area contributed by atoms with Gasteiger partial charge in [0.1, 0.15) is 0 Å². The lowest BCUT2D eigenvalue weighted by Crippen LogP contribution is -2.16. The summed E-state index contributed by atoms with van der Waals surface area (Å²) < 4.78 is 41.1. The third kappa shape index (κ3) is 3.28. The van der Waals surface area contributed by atoms with Crippen molar-refractivity contribution in [1.29, 1.82) is 0 Å². The van der Waals surface area contributed by atoms with Gasteiger partial charge in [-0.15, -0.1) is 0 Å². The highest BCUT2D eigenvalue weighted by atomic mass is 19.4. The molecule has 0 aliphatic rings. The van der Waals surface area contributed by atoms with E-state index in [0.717, 1.165) is 11.8 Å². The number of anilines is 1. The number of H-pyrrole nitrogens is 1. The number of nitrogen functional groups attached to an aromatic ring is 1. The molecule has 0 saturated carbocycles. The highest BCUT2D eigenvalue weighted by Gasteiger charge is 2.33. The Labute approximate surface area is 140 Å². The van der Waals surface area contributed by atoms with Gasteiger partial charge in [0.2, 0.25) is 5.95 Å². The van der Waals surface area contributed by atoms with Gasteiger partial charge in [-0.05, 0) is 30.7 Å². The van der Waals surface area contributed by atoms with E-state index in [1.54, 1.807) is 16.8 Å². The van der Waals surface area contributed by atoms with Crippen molar-refractivity contribution in [3.8, 4) is 11.1 Å². The number of aromatic amines is 1. The fourth-order valence-corrected chi connectivity index (χ4v) is 2.64. The highest BCUT2D eigenvalue weighted by Crippen LogP contribution is 2.35. The van der Waals surface area contributed by atoms with Crippen molar-refractivity contribution >= 4 is 5.95 Å². The van der Waals surface area contributed by atoms with Crippen LogP contribution in [-0.4, -0.2) is 14.5 Å². The van der Waals surface area contributed by atoms with E-state index >= 15 is 0 Å². The molecule has 3 N–H and O–H groups in total. The predicted molar refractivity (Wildman–Crippen MR) is 88.0 cm³/mol. The number of rotatable bonds is 3. The molecule has 25 heavy (non-hydrogen) atoms. The topological polar surface area (TPSA) is 76.7 Å². The highest BCUT2D eigenvalue weighted by molar-refractivity contribution is 5.67. The van der Waals surface area contributed by atoms with Crippen LogP contribution in [0.15, 0.2) is 47.4 Å². The molecule has 0 aliphatic heterocycles. The molecule has 0 radical (unpaired) electrons. The Hall–Kier alpha value is -3.03. The van der Waals surface area contributed by atoms with Crippen LogP contribution in [0, 0.1) is 6.92 Å². The van der Waals surface area contributed by atoms with Crippen molar-refractivity contribution in [3.63, 3.8) is 0 Å². The number of halogens is 3. The van der Waals surface area contributed by atoms with Crippen LogP contribution in [0.25, 0.3) is 11.1 Å². The number of alkyl halides is 3. The molecule has 0 spiro atoms. The van der Waals surface area contributed by atoms with Crippen LogP contribution >= 0.6 is 0 Å². The van der Waals surface area contributed by atoms with Gasteiger partial charge in [0.15, 0.2) is 0 Å². The molecule has 5 nitrogen and oxygen atoms in total. The van der Waals surface area contributed by atoms with Crippen LogP contribution in [0.2, 0.25) is 0 Å². The van der Waals surface area contributed by atoms with Crippen LogP contribution in [0.3, 0.4) is 0 Å². The van der Waals surface area contributed by atoms with E-state index in [2.05, 4.69) is 9.97 Å². The number of imidazole rings is 1. The van der Waals surface area contributed by atoms with E-state index in [0.29, 0.717) is 11.6 Å². The molecule has 130 valence electrons. The summed E-state index contributed by atoms with van der Waals surface area (Å²) in [5, 5.41) is 0. The molecular formula is C17H15F3N4O. The van der Waals surface area contributed by atoms with E-state index in [4.69, 9.17) is 5.73 Å². The lowest BCUT2D eigenvalue weighted by Gasteiger charge is -2.13. The number of nitrogens with two attached hydrogens (primary N) is 1. The minimum absolute atomic E-state index is 0.0352. The number of benzene rings is 1. The first-order valence-corrected chi connectivity index (χ1v) is 7.44. The molecule has 2 heterocycles. The fraction of sp³-hybridized carbons (Fsp3) is 0.176.